The van der Waals surface area contributed by atoms with E-state index in [0.29, 0.717) is 6.54 Å². The number of halogens is 3. The van der Waals surface area contributed by atoms with E-state index in [9.17, 15) is 13.2 Å². The summed E-state index contributed by atoms with van der Waals surface area (Å²) >= 11 is 0. The molecule has 0 amide bonds. The summed E-state index contributed by atoms with van der Waals surface area (Å²) in [6.07, 6.45) is -3.35. The zero-order valence-electron chi connectivity index (χ0n) is 9.10. The number of allylic oxidation sites excluding steroid dienone is 1. The Morgan fingerprint density at radius 1 is 1.47 bits per heavy atom. The average Bonchev–Trinajstić information content (AvgIpc) is 2.14. The Bertz CT molecular complexity index is 256. The van der Waals surface area contributed by atoms with Crippen molar-refractivity contribution in [1.82, 2.24) is 4.90 Å². The molecule has 3 nitrogen and oxygen atoms in total. The van der Waals surface area contributed by atoms with Gasteiger partial charge in [0.2, 0.25) is 0 Å². The number of nitrogens with two attached hydrogens (primary N) is 1. The molecule has 6 heteroatoms. The standard InChI is InChI=1S/C9H16F3N3/c1-4-15(3)6-7(5-14-2)8(13)9(10,11)12/h5H,4,6,13H2,1-3H3/b8-7+,14-5?. The van der Waals surface area contributed by atoms with Crippen molar-refractivity contribution in [3.63, 3.8) is 0 Å². The normalized spacial score (nSPS) is 14.9. The van der Waals surface area contributed by atoms with Crippen LogP contribution in [0.1, 0.15) is 6.92 Å². The summed E-state index contributed by atoms with van der Waals surface area (Å²) in [5, 5.41) is 0. The molecular formula is C9H16F3N3. The van der Waals surface area contributed by atoms with Gasteiger partial charge in [-0.25, -0.2) is 0 Å². The van der Waals surface area contributed by atoms with Gasteiger partial charge in [0.15, 0.2) is 0 Å². The van der Waals surface area contributed by atoms with Crippen molar-refractivity contribution in [2.75, 3.05) is 27.2 Å². The summed E-state index contributed by atoms with van der Waals surface area (Å²) < 4.78 is 36.9. The van der Waals surface area contributed by atoms with Crippen molar-refractivity contribution in [2.45, 2.75) is 13.1 Å². The van der Waals surface area contributed by atoms with Gasteiger partial charge in [-0.2, -0.15) is 13.2 Å². The highest BCUT2D eigenvalue weighted by atomic mass is 19.4. The van der Waals surface area contributed by atoms with Gasteiger partial charge in [-0.1, -0.05) is 6.92 Å². The van der Waals surface area contributed by atoms with E-state index < -0.39 is 11.9 Å². The second kappa shape index (κ2) is 5.75. The predicted octanol–water partition coefficient (Wildman–Crippen LogP) is 1.41. The summed E-state index contributed by atoms with van der Waals surface area (Å²) in [7, 11) is 3.13. The molecule has 0 aliphatic rings. The van der Waals surface area contributed by atoms with Crippen molar-refractivity contribution < 1.29 is 13.2 Å². The molecule has 0 rings (SSSR count). The quantitative estimate of drug-likeness (QED) is 0.732. The van der Waals surface area contributed by atoms with Crippen LogP contribution in [0.5, 0.6) is 0 Å². The molecule has 0 aliphatic heterocycles. The van der Waals surface area contributed by atoms with Crippen LogP contribution >= 0.6 is 0 Å². The minimum absolute atomic E-state index is 0.00523. The van der Waals surface area contributed by atoms with E-state index in [2.05, 4.69) is 4.99 Å². The van der Waals surface area contributed by atoms with Gasteiger partial charge in [0.05, 0.1) is 0 Å². The van der Waals surface area contributed by atoms with E-state index in [1.165, 1.54) is 7.05 Å². The molecule has 88 valence electrons. The highest BCUT2D eigenvalue weighted by molar-refractivity contribution is 5.80. The maximum atomic E-state index is 12.3. The molecular weight excluding hydrogens is 207 g/mol. The molecule has 0 aromatic heterocycles. The zero-order chi connectivity index (χ0) is 12.1. The Morgan fingerprint density at radius 3 is 2.33 bits per heavy atom. The summed E-state index contributed by atoms with van der Waals surface area (Å²) in [5.41, 5.74) is 3.94. The maximum absolute atomic E-state index is 12.3. The molecule has 0 aromatic carbocycles. The van der Waals surface area contributed by atoms with Gasteiger partial charge in [0.25, 0.3) is 0 Å². The maximum Gasteiger partial charge on any atom is 0.431 e. The first-order valence-electron chi connectivity index (χ1n) is 4.49. The van der Waals surface area contributed by atoms with E-state index >= 15 is 0 Å². The van der Waals surface area contributed by atoms with Gasteiger partial charge in [-0.05, 0) is 13.6 Å². The molecule has 0 fully saturated rings. The van der Waals surface area contributed by atoms with Crippen molar-refractivity contribution in [1.29, 1.82) is 0 Å². The first-order chi connectivity index (χ1) is 6.82. The van der Waals surface area contributed by atoms with Crippen LogP contribution in [0.4, 0.5) is 13.2 Å². The summed E-state index contributed by atoms with van der Waals surface area (Å²) in [4.78, 5) is 5.29. The molecule has 0 spiro atoms. The van der Waals surface area contributed by atoms with Crippen molar-refractivity contribution in [2.24, 2.45) is 10.7 Å². The Hall–Kier alpha value is -1.04. The lowest BCUT2D eigenvalue weighted by Crippen LogP contribution is -2.28. The largest absolute Gasteiger partial charge is 0.431 e. The average molecular weight is 223 g/mol. The van der Waals surface area contributed by atoms with E-state index in [0.717, 1.165) is 6.21 Å². The molecule has 0 aliphatic carbocycles. The van der Waals surface area contributed by atoms with Gasteiger partial charge in [0, 0.05) is 25.4 Å². The number of hydrogen-bond donors (Lipinski definition) is 1. The van der Waals surface area contributed by atoms with Crippen LogP contribution in [0.15, 0.2) is 16.3 Å². The number of hydrogen-bond acceptors (Lipinski definition) is 3. The monoisotopic (exact) mass is 223 g/mol. The Labute approximate surface area is 87.5 Å². The number of aliphatic imine (C=N–C) groups is 1. The molecule has 0 atom stereocenters. The summed E-state index contributed by atoms with van der Waals surface area (Å²) in [5.74, 6) is 0. The van der Waals surface area contributed by atoms with Crippen LogP contribution in [-0.4, -0.2) is 44.5 Å². The third-order valence-corrected chi connectivity index (χ3v) is 1.92. The Balaban J connectivity index is 4.95. The highest BCUT2D eigenvalue weighted by Gasteiger charge is 2.33. The molecule has 15 heavy (non-hydrogen) atoms. The van der Waals surface area contributed by atoms with Gasteiger partial charge in [-0.15, -0.1) is 0 Å². The van der Waals surface area contributed by atoms with Gasteiger partial charge >= 0.3 is 6.18 Å². The molecule has 0 radical (unpaired) electrons. The zero-order valence-corrected chi connectivity index (χ0v) is 9.10. The number of alkyl halides is 3. The molecule has 2 N–H and O–H groups in total. The third-order valence-electron chi connectivity index (χ3n) is 1.92. The van der Waals surface area contributed by atoms with Crippen molar-refractivity contribution >= 4 is 6.21 Å². The Morgan fingerprint density at radius 2 is 2.00 bits per heavy atom. The molecule has 0 saturated carbocycles. The van der Waals surface area contributed by atoms with E-state index in [1.54, 1.807) is 11.9 Å². The first-order valence-corrected chi connectivity index (χ1v) is 4.49. The van der Waals surface area contributed by atoms with Crippen molar-refractivity contribution in [3.05, 3.63) is 11.3 Å². The lowest BCUT2D eigenvalue weighted by molar-refractivity contribution is -0.0933. The van der Waals surface area contributed by atoms with Crippen molar-refractivity contribution in [3.8, 4) is 0 Å². The van der Waals surface area contributed by atoms with E-state index in [-0.39, 0.29) is 12.1 Å². The van der Waals surface area contributed by atoms with Gasteiger partial charge < -0.3 is 10.6 Å². The predicted molar refractivity (Wildman–Crippen MR) is 54.9 cm³/mol. The van der Waals surface area contributed by atoms with Gasteiger partial charge in [0.1, 0.15) is 5.70 Å². The van der Waals surface area contributed by atoms with Crippen LogP contribution in [0.2, 0.25) is 0 Å². The van der Waals surface area contributed by atoms with Crippen LogP contribution in [0.25, 0.3) is 0 Å². The van der Waals surface area contributed by atoms with Gasteiger partial charge in [-0.3, -0.25) is 4.99 Å². The lowest BCUT2D eigenvalue weighted by Gasteiger charge is -2.17. The Kier molecular flexibility index (Phi) is 5.35. The topological polar surface area (TPSA) is 41.6 Å². The third kappa shape index (κ3) is 4.83. The SMILES string of the molecule is CCN(C)C/C(C=NC)=C(/N)C(F)(F)F. The van der Waals surface area contributed by atoms with E-state index in [4.69, 9.17) is 5.73 Å². The van der Waals surface area contributed by atoms with Crippen LogP contribution in [0.3, 0.4) is 0 Å². The first kappa shape index (κ1) is 14.0. The molecule has 0 unspecified atom stereocenters. The molecule has 0 aromatic rings. The lowest BCUT2D eigenvalue weighted by atomic mass is 10.2. The second-order valence-corrected chi connectivity index (χ2v) is 3.15. The van der Waals surface area contributed by atoms with Crippen LogP contribution < -0.4 is 5.73 Å². The molecule has 0 heterocycles. The summed E-state index contributed by atoms with van der Waals surface area (Å²) in [6, 6.07) is 0. The number of likely N-dealkylation sites (N-methyl/N-ethyl adjacent to an activating group) is 1. The fraction of sp³-hybridized carbons (Fsp3) is 0.667. The van der Waals surface area contributed by atoms with E-state index in [1.807, 2.05) is 6.92 Å². The highest BCUT2D eigenvalue weighted by Crippen LogP contribution is 2.23. The second-order valence-electron chi connectivity index (χ2n) is 3.15. The minimum atomic E-state index is -4.49. The summed E-state index contributed by atoms with van der Waals surface area (Å²) in [6.45, 7) is 2.63. The molecule has 0 saturated heterocycles. The van der Waals surface area contributed by atoms with Crippen LogP contribution in [0, 0.1) is 0 Å². The van der Waals surface area contributed by atoms with Crippen LogP contribution in [-0.2, 0) is 0 Å². The number of nitrogens with zero attached hydrogens (tertiary/aromatic N) is 2. The fourth-order valence-electron chi connectivity index (χ4n) is 0.936. The number of rotatable bonds is 4. The smallest absolute Gasteiger partial charge is 0.394 e. The minimum Gasteiger partial charge on any atom is -0.394 e. The molecule has 0 bridgehead atoms. The fourth-order valence-corrected chi connectivity index (χ4v) is 0.936.